The second kappa shape index (κ2) is 8.00. The van der Waals surface area contributed by atoms with E-state index in [4.69, 9.17) is 14.0 Å². The van der Waals surface area contributed by atoms with Crippen LogP contribution >= 0.6 is 0 Å². The maximum atomic E-state index is 12.6. The molecule has 0 atom stereocenters. The number of ketones is 1. The molecule has 160 valence electrons. The Labute approximate surface area is 174 Å². The van der Waals surface area contributed by atoms with Crippen LogP contribution < -0.4 is 13.7 Å². The maximum Gasteiger partial charge on any atom is 0.446 e. The minimum Gasteiger partial charge on any atom is -0.504 e. The van der Waals surface area contributed by atoms with Gasteiger partial charge >= 0.3 is 10.4 Å². The quantitative estimate of drug-likeness (QED) is 0.501. The van der Waals surface area contributed by atoms with Crippen molar-refractivity contribution in [2.75, 3.05) is 7.11 Å². The minimum atomic E-state index is -4.83. The number of phenols is 1. The van der Waals surface area contributed by atoms with Crippen LogP contribution in [0.15, 0.2) is 36.4 Å². The number of phenolic OH excluding ortho intramolecular Hbond substituents is 1. The van der Waals surface area contributed by atoms with Crippen molar-refractivity contribution in [1.29, 1.82) is 0 Å². The van der Waals surface area contributed by atoms with Gasteiger partial charge in [-0.15, -0.1) is 0 Å². The molecule has 0 spiro atoms. The number of aromatic hydroxyl groups is 1. The zero-order valence-electron chi connectivity index (χ0n) is 16.7. The lowest BCUT2D eigenvalue weighted by Crippen LogP contribution is -2.27. The topological polar surface area (TPSA) is 119 Å². The average molecular weight is 434 g/mol. The van der Waals surface area contributed by atoms with Gasteiger partial charge in [0.05, 0.1) is 12.7 Å². The van der Waals surface area contributed by atoms with Crippen molar-refractivity contribution in [2.24, 2.45) is 0 Å². The van der Waals surface area contributed by atoms with E-state index in [0.29, 0.717) is 17.9 Å². The third kappa shape index (κ3) is 4.92. The van der Waals surface area contributed by atoms with E-state index in [0.717, 1.165) is 23.3 Å². The van der Waals surface area contributed by atoms with Crippen LogP contribution in [0.25, 0.3) is 6.08 Å². The number of hydrogen-bond acceptors (Lipinski definition) is 7. The molecule has 0 bridgehead atoms. The summed E-state index contributed by atoms with van der Waals surface area (Å²) >= 11 is 0. The van der Waals surface area contributed by atoms with Crippen LogP contribution in [0.1, 0.15) is 41.8 Å². The molecule has 0 amide bonds. The summed E-state index contributed by atoms with van der Waals surface area (Å²) in [5, 5.41) is 9.66. The number of carbonyl (C=O) groups excluding carboxylic acids is 1. The lowest BCUT2D eigenvalue weighted by Gasteiger charge is -2.29. The highest BCUT2D eigenvalue weighted by Gasteiger charge is 2.25. The highest BCUT2D eigenvalue weighted by Crippen LogP contribution is 2.39. The highest BCUT2D eigenvalue weighted by molar-refractivity contribution is 7.81. The van der Waals surface area contributed by atoms with Crippen LogP contribution in [0, 0.1) is 0 Å². The summed E-state index contributed by atoms with van der Waals surface area (Å²) in [4.78, 5) is 12.6. The molecule has 0 aliphatic carbocycles. The SMILES string of the molecule is COc1c(CCC(=O)c2ccc(O)c(OS(=O)(=O)O)c2)ccc2c1C=CC(C)(C)O2. The van der Waals surface area contributed by atoms with Gasteiger partial charge in [0.25, 0.3) is 0 Å². The van der Waals surface area contributed by atoms with Crippen molar-refractivity contribution in [3.8, 4) is 23.0 Å². The molecule has 2 aromatic rings. The number of aryl methyl sites for hydroxylation is 1. The predicted molar refractivity (Wildman–Crippen MR) is 110 cm³/mol. The Morgan fingerprint density at radius 1 is 1.20 bits per heavy atom. The van der Waals surface area contributed by atoms with Crippen LogP contribution in [0.4, 0.5) is 0 Å². The number of benzene rings is 2. The molecule has 30 heavy (non-hydrogen) atoms. The van der Waals surface area contributed by atoms with Crippen LogP contribution in [-0.2, 0) is 16.8 Å². The molecular weight excluding hydrogens is 412 g/mol. The van der Waals surface area contributed by atoms with Crippen molar-refractivity contribution in [1.82, 2.24) is 0 Å². The minimum absolute atomic E-state index is 0.0985. The molecule has 0 radical (unpaired) electrons. The number of fused-ring (bicyclic) bond motifs is 1. The number of Topliss-reactive ketones (excluding diaryl/α,β-unsaturated/α-hetero) is 1. The third-order valence-corrected chi connectivity index (χ3v) is 4.95. The Morgan fingerprint density at radius 3 is 2.60 bits per heavy atom. The summed E-state index contributed by atoms with van der Waals surface area (Å²) in [6.45, 7) is 3.90. The summed E-state index contributed by atoms with van der Waals surface area (Å²) in [7, 11) is -3.28. The van der Waals surface area contributed by atoms with Gasteiger partial charge in [-0.25, -0.2) is 0 Å². The van der Waals surface area contributed by atoms with E-state index in [1.54, 1.807) is 7.11 Å². The Hall–Kier alpha value is -3.04. The molecule has 2 aromatic carbocycles. The zero-order chi connectivity index (χ0) is 22.1. The van der Waals surface area contributed by atoms with Crippen LogP contribution in [-0.4, -0.2) is 36.6 Å². The van der Waals surface area contributed by atoms with E-state index >= 15 is 0 Å². The second-order valence-corrected chi connectivity index (χ2v) is 8.35. The molecule has 0 saturated carbocycles. The molecule has 1 heterocycles. The smallest absolute Gasteiger partial charge is 0.446 e. The lowest BCUT2D eigenvalue weighted by molar-refractivity contribution is 0.0982. The maximum absolute atomic E-state index is 12.6. The Kier molecular flexibility index (Phi) is 5.78. The van der Waals surface area contributed by atoms with Gasteiger partial charge in [0.1, 0.15) is 17.1 Å². The van der Waals surface area contributed by atoms with Gasteiger partial charge in [-0.1, -0.05) is 6.07 Å². The van der Waals surface area contributed by atoms with Crippen LogP contribution in [0.5, 0.6) is 23.0 Å². The first-order chi connectivity index (χ1) is 14.0. The largest absolute Gasteiger partial charge is 0.504 e. The van der Waals surface area contributed by atoms with Gasteiger partial charge in [-0.2, -0.15) is 8.42 Å². The highest BCUT2D eigenvalue weighted by atomic mass is 32.3. The Balaban J connectivity index is 1.79. The van der Waals surface area contributed by atoms with Crippen molar-refractivity contribution in [2.45, 2.75) is 32.3 Å². The predicted octanol–water partition coefficient (Wildman–Crippen LogP) is 3.58. The Morgan fingerprint density at radius 2 is 1.93 bits per heavy atom. The lowest BCUT2D eigenvalue weighted by atomic mass is 9.96. The summed E-state index contributed by atoms with van der Waals surface area (Å²) < 4.78 is 46.3. The fourth-order valence-electron chi connectivity index (χ4n) is 3.17. The van der Waals surface area contributed by atoms with E-state index < -0.39 is 27.5 Å². The number of carbonyl (C=O) groups is 1. The van der Waals surface area contributed by atoms with Crippen molar-refractivity contribution in [3.63, 3.8) is 0 Å². The summed E-state index contributed by atoms with van der Waals surface area (Å²) in [5.41, 5.74) is 1.32. The van der Waals surface area contributed by atoms with Crippen molar-refractivity contribution >= 4 is 22.3 Å². The zero-order valence-corrected chi connectivity index (χ0v) is 17.5. The molecule has 1 aliphatic heterocycles. The number of rotatable bonds is 7. The molecule has 0 unspecified atom stereocenters. The first-order valence-electron chi connectivity index (χ1n) is 9.10. The number of hydrogen-bond donors (Lipinski definition) is 2. The van der Waals surface area contributed by atoms with Gasteiger partial charge in [-0.05, 0) is 62.2 Å². The fourth-order valence-corrected chi connectivity index (χ4v) is 3.53. The van der Waals surface area contributed by atoms with Gasteiger partial charge in [0.15, 0.2) is 17.3 Å². The first-order valence-corrected chi connectivity index (χ1v) is 10.5. The van der Waals surface area contributed by atoms with Crippen LogP contribution in [0.3, 0.4) is 0 Å². The van der Waals surface area contributed by atoms with Gasteiger partial charge in [0, 0.05) is 12.0 Å². The first kappa shape index (κ1) is 21.7. The molecule has 0 fully saturated rings. The molecule has 0 saturated heterocycles. The monoisotopic (exact) mass is 434 g/mol. The Bertz CT molecular complexity index is 1120. The van der Waals surface area contributed by atoms with Crippen molar-refractivity contribution in [3.05, 3.63) is 53.1 Å². The summed E-state index contributed by atoms with van der Waals surface area (Å²) in [6.07, 6.45) is 4.32. The van der Waals surface area contributed by atoms with E-state index in [1.165, 1.54) is 6.07 Å². The number of methoxy groups -OCH3 is 1. The molecule has 9 heteroatoms. The van der Waals surface area contributed by atoms with Gasteiger partial charge in [-0.3, -0.25) is 9.35 Å². The van der Waals surface area contributed by atoms with E-state index in [2.05, 4.69) is 4.18 Å². The molecule has 1 aliphatic rings. The van der Waals surface area contributed by atoms with E-state index in [-0.39, 0.29) is 17.8 Å². The summed E-state index contributed by atoms with van der Waals surface area (Å²) in [6, 6.07) is 7.20. The molecule has 2 N–H and O–H groups in total. The summed E-state index contributed by atoms with van der Waals surface area (Å²) in [5.74, 6) is -0.0362. The average Bonchev–Trinajstić information content (AvgIpc) is 2.65. The molecule has 0 aromatic heterocycles. The molecule has 8 nitrogen and oxygen atoms in total. The molecular formula is C21H22O8S. The fraction of sp³-hybridized carbons (Fsp3) is 0.286. The van der Waals surface area contributed by atoms with Gasteiger partial charge in [0.2, 0.25) is 0 Å². The van der Waals surface area contributed by atoms with Crippen LogP contribution in [0.2, 0.25) is 0 Å². The van der Waals surface area contributed by atoms with E-state index in [9.17, 15) is 18.3 Å². The van der Waals surface area contributed by atoms with E-state index in [1.807, 2.05) is 38.1 Å². The normalized spacial score (nSPS) is 14.5. The molecule has 3 rings (SSSR count). The third-order valence-electron chi connectivity index (χ3n) is 4.56. The standard InChI is InChI=1S/C21H22O8S/c1-21(2)11-10-15-18(28-21)9-6-13(20(15)27-3)4-7-16(22)14-5-8-17(23)19(12-14)29-30(24,25)26/h5-6,8-12,23H,4,7H2,1-3H3,(H,24,25,26). The number of ether oxygens (including phenoxy) is 2. The van der Waals surface area contributed by atoms with Gasteiger partial charge < -0.3 is 18.8 Å². The second-order valence-electron chi connectivity index (χ2n) is 7.33. The van der Waals surface area contributed by atoms with Crippen molar-refractivity contribution < 1.29 is 36.5 Å².